The Kier molecular flexibility index (Phi) is 2.45. The molecule has 1 aliphatic heterocycles. The molecule has 4 N–H and O–H groups in total. The van der Waals surface area contributed by atoms with Crippen molar-refractivity contribution >= 4 is 27.5 Å². The van der Waals surface area contributed by atoms with E-state index in [9.17, 15) is 14.7 Å². The minimum Gasteiger partial charge on any atom is -0.371 e. The molecule has 2 aromatic rings. The van der Waals surface area contributed by atoms with Crippen LogP contribution in [0.1, 0.15) is 16.8 Å². The number of H-pyrrole nitrogens is 2. The zero-order chi connectivity index (χ0) is 13.8. The van der Waals surface area contributed by atoms with Crippen molar-refractivity contribution in [3.63, 3.8) is 0 Å². The second-order valence-corrected chi connectivity index (χ2v) is 5.35. The Balaban J connectivity index is 2.34. The number of aliphatic hydroxyl groups is 1. The van der Waals surface area contributed by atoms with E-state index in [2.05, 4.69) is 31.4 Å². The highest BCUT2D eigenvalue weighted by Gasteiger charge is 2.50. The van der Waals surface area contributed by atoms with Gasteiger partial charge in [0.15, 0.2) is 0 Å². The highest BCUT2D eigenvalue weighted by atomic mass is 79.9. The minimum atomic E-state index is -1.98. The highest BCUT2D eigenvalue weighted by Crippen LogP contribution is 2.41. The summed E-state index contributed by atoms with van der Waals surface area (Å²) < 4.78 is 0.714. The molecule has 1 aliphatic rings. The second-order valence-electron chi connectivity index (χ2n) is 4.43. The number of fused-ring (bicyclic) bond motifs is 1. The molecule has 7 heteroatoms. The molecule has 0 saturated heterocycles. The van der Waals surface area contributed by atoms with E-state index in [0.717, 1.165) is 0 Å². The number of aromatic nitrogens is 2. The molecule has 0 bridgehead atoms. The van der Waals surface area contributed by atoms with Crippen LogP contribution < -0.4 is 10.9 Å². The first-order valence-corrected chi connectivity index (χ1v) is 6.35. The number of rotatable bonds is 1. The number of carbonyl (C=O) groups excluding carboxylic acids is 1. The summed E-state index contributed by atoms with van der Waals surface area (Å²) in [5.41, 5.74) is -1.19. The molecule has 98 valence electrons. The molecule has 3 rings (SSSR count). The van der Waals surface area contributed by atoms with Crippen molar-refractivity contribution < 1.29 is 9.90 Å². The molecule has 1 unspecified atom stereocenters. The zero-order valence-corrected chi connectivity index (χ0v) is 11.5. The maximum Gasteiger partial charge on any atom is 0.271 e. The molecular formula is C12H10BrN3O3. The molecule has 0 radical (unpaired) electrons. The van der Waals surface area contributed by atoms with Gasteiger partial charge in [-0.25, -0.2) is 0 Å². The predicted octanol–water partition coefficient (Wildman–Crippen LogP) is 0.962. The molecule has 6 nitrogen and oxygen atoms in total. The van der Waals surface area contributed by atoms with E-state index < -0.39 is 17.1 Å². The van der Waals surface area contributed by atoms with Crippen LogP contribution in [0.2, 0.25) is 0 Å². The number of aryl methyl sites for hydroxylation is 1. The molecule has 0 saturated carbocycles. The van der Waals surface area contributed by atoms with Gasteiger partial charge in [0.2, 0.25) is 5.60 Å². The Labute approximate surface area is 116 Å². The van der Waals surface area contributed by atoms with E-state index in [1.54, 1.807) is 25.1 Å². The molecule has 0 spiro atoms. The summed E-state index contributed by atoms with van der Waals surface area (Å²) in [7, 11) is 0. The summed E-state index contributed by atoms with van der Waals surface area (Å²) in [5.74, 6) is -0.631. The van der Waals surface area contributed by atoms with Crippen LogP contribution in [-0.2, 0) is 10.4 Å². The number of aromatic amines is 2. The van der Waals surface area contributed by atoms with Gasteiger partial charge in [0.05, 0.1) is 5.56 Å². The van der Waals surface area contributed by atoms with Crippen LogP contribution in [0.15, 0.2) is 27.5 Å². The van der Waals surface area contributed by atoms with Crippen LogP contribution >= 0.6 is 15.9 Å². The number of hydrogen-bond donors (Lipinski definition) is 4. The van der Waals surface area contributed by atoms with Crippen molar-refractivity contribution in [3.8, 4) is 0 Å². The number of hydrogen-bond acceptors (Lipinski definition) is 3. The summed E-state index contributed by atoms with van der Waals surface area (Å²) in [5, 5.41) is 18.4. The van der Waals surface area contributed by atoms with Crippen molar-refractivity contribution in [3.05, 3.63) is 49.8 Å². The minimum absolute atomic E-state index is 0.0156. The average Bonchev–Trinajstić information content (AvgIpc) is 2.81. The third kappa shape index (κ3) is 1.52. The lowest BCUT2D eigenvalue weighted by Gasteiger charge is -2.19. The Morgan fingerprint density at radius 3 is 2.63 bits per heavy atom. The summed E-state index contributed by atoms with van der Waals surface area (Å²) in [6, 6.07) is 5.05. The molecule has 0 aliphatic carbocycles. The smallest absolute Gasteiger partial charge is 0.271 e. The molecular weight excluding hydrogens is 314 g/mol. The van der Waals surface area contributed by atoms with Gasteiger partial charge in [-0.3, -0.25) is 14.7 Å². The molecule has 0 fully saturated rings. The third-order valence-corrected chi connectivity index (χ3v) is 3.77. The van der Waals surface area contributed by atoms with Crippen molar-refractivity contribution in [2.75, 3.05) is 5.32 Å². The summed E-state index contributed by atoms with van der Waals surface area (Å²) in [6.45, 7) is 1.62. The normalized spacial score (nSPS) is 21.3. The molecule has 1 atom stereocenters. The quantitative estimate of drug-likeness (QED) is 0.629. The van der Waals surface area contributed by atoms with Gasteiger partial charge in [-0.15, -0.1) is 0 Å². The van der Waals surface area contributed by atoms with Crippen LogP contribution in [0.25, 0.3) is 0 Å². The zero-order valence-electron chi connectivity index (χ0n) is 9.87. The van der Waals surface area contributed by atoms with Crippen LogP contribution in [0.5, 0.6) is 0 Å². The average molecular weight is 324 g/mol. The lowest BCUT2D eigenvalue weighted by Crippen LogP contribution is -2.39. The van der Waals surface area contributed by atoms with Crippen LogP contribution in [0, 0.1) is 6.92 Å². The van der Waals surface area contributed by atoms with Crippen molar-refractivity contribution in [2.24, 2.45) is 0 Å². The van der Waals surface area contributed by atoms with Crippen molar-refractivity contribution in [1.29, 1.82) is 0 Å². The number of carbonyl (C=O) groups is 1. The molecule has 19 heavy (non-hydrogen) atoms. The van der Waals surface area contributed by atoms with E-state index in [1.165, 1.54) is 0 Å². The van der Waals surface area contributed by atoms with Crippen LogP contribution in [0.3, 0.4) is 0 Å². The summed E-state index contributed by atoms with van der Waals surface area (Å²) >= 11 is 3.29. The Hall–Kier alpha value is -1.86. The van der Waals surface area contributed by atoms with Crippen LogP contribution in [0.4, 0.5) is 5.69 Å². The first-order chi connectivity index (χ1) is 8.94. The van der Waals surface area contributed by atoms with Gasteiger partial charge in [0, 0.05) is 21.4 Å². The van der Waals surface area contributed by atoms with Crippen molar-refractivity contribution in [2.45, 2.75) is 12.5 Å². The van der Waals surface area contributed by atoms with E-state index in [-0.39, 0.29) is 5.56 Å². The largest absolute Gasteiger partial charge is 0.371 e. The number of amides is 1. The summed E-state index contributed by atoms with van der Waals surface area (Å²) in [6.07, 6.45) is 0. The fourth-order valence-electron chi connectivity index (χ4n) is 2.39. The van der Waals surface area contributed by atoms with E-state index >= 15 is 0 Å². The Bertz CT molecular complexity index is 749. The van der Waals surface area contributed by atoms with E-state index in [1.807, 2.05) is 0 Å². The van der Waals surface area contributed by atoms with Gasteiger partial charge in [-0.1, -0.05) is 15.9 Å². The lowest BCUT2D eigenvalue weighted by atomic mass is 9.88. The van der Waals surface area contributed by atoms with Gasteiger partial charge in [-0.2, -0.15) is 0 Å². The Morgan fingerprint density at radius 1 is 1.26 bits per heavy atom. The molecule has 2 heterocycles. The van der Waals surface area contributed by atoms with Gasteiger partial charge in [-0.05, 0) is 25.1 Å². The first kappa shape index (κ1) is 12.2. The number of halogens is 1. The first-order valence-electron chi connectivity index (χ1n) is 5.56. The van der Waals surface area contributed by atoms with Gasteiger partial charge < -0.3 is 15.5 Å². The van der Waals surface area contributed by atoms with Crippen molar-refractivity contribution in [1.82, 2.24) is 10.2 Å². The highest BCUT2D eigenvalue weighted by molar-refractivity contribution is 9.10. The van der Waals surface area contributed by atoms with Crippen LogP contribution in [-0.4, -0.2) is 21.2 Å². The van der Waals surface area contributed by atoms with E-state index in [0.29, 0.717) is 21.4 Å². The lowest BCUT2D eigenvalue weighted by molar-refractivity contribution is -0.129. The van der Waals surface area contributed by atoms with Gasteiger partial charge >= 0.3 is 0 Å². The molecule has 1 aromatic heterocycles. The van der Waals surface area contributed by atoms with Gasteiger partial charge in [0.1, 0.15) is 0 Å². The fourth-order valence-corrected chi connectivity index (χ4v) is 2.75. The monoisotopic (exact) mass is 323 g/mol. The number of anilines is 1. The maximum absolute atomic E-state index is 12.1. The molecule has 1 aromatic carbocycles. The second kappa shape index (κ2) is 3.82. The predicted molar refractivity (Wildman–Crippen MR) is 71.9 cm³/mol. The molecule has 1 amide bonds. The topological polar surface area (TPSA) is 98.0 Å². The number of nitrogens with one attached hydrogen (secondary N) is 3. The summed E-state index contributed by atoms with van der Waals surface area (Å²) in [4.78, 5) is 24.0. The van der Waals surface area contributed by atoms with Gasteiger partial charge in [0.25, 0.3) is 11.5 Å². The maximum atomic E-state index is 12.1. The standard InChI is InChI=1S/C12H10BrN3O3/c1-5-9(10(17)16-15-5)12(19)7-4-6(13)2-3-8(7)14-11(12)18/h2-4,19H,1H3,(H,14,18)(H2,15,16,17). The third-order valence-electron chi connectivity index (χ3n) is 3.28. The Morgan fingerprint density at radius 2 is 2.00 bits per heavy atom. The fraction of sp³-hybridized carbons (Fsp3) is 0.167. The number of benzene rings is 1. The van der Waals surface area contributed by atoms with E-state index in [4.69, 9.17) is 0 Å². The SMILES string of the molecule is Cc1[nH][nH]c(=O)c1C1(O)C(=O)Nc2ccc(Br)cc21.